The van der Waals surface area contributed by atoms with Crippen molar-refractivity contribution in [3.8, 4) is 5.75 Å². The first-order valence-corrected chi connectivity index (χ1v) is 7.26. The topological polar surface area (TPSA) is 50.4 Å². The molecule has 20 heavy (non-hydrogen) atoms. The highest BCUT2D eigenvalue weighted by Gasteiger charge is 2.33. The van der Waals surface area contributed by atoms with Crippen LogP contribution in [0.5, 0.6) is 5.75 Å². The maximum Gasteiger partial charge on any atom is 0.226 e. The number of nitrogens with one attached hydrogen (secondary N) is 2. The molecule has 1 aromatic rings. The van der Waals surface area contributed by atoms with Gasteiger partial charge in [-0.25, -0.2) is 0 Å². The number of benzene rings is 1. The first-order chi connectivity index (χ1) is 9.64. The summed E-state index contributed by atoms with van der Waals surface area (Å²) in [5.74, 6) is 1.05. The number of carbonyl (C=O) groups excluding carboxylic acids is 1. The van der Waals surface area contributed by atoms with E-state index in [-0.39, 0.29) is 11.3 Å². The molecule has 0 bridgehead atoms. The highest BCUT2D eigenvalue weighted by molar-refractivity contribution is 5.82. The van der Waals surface area contributed by atoms with Crippen molar-refractivity contribution in [3.05, 3.63) is 29.8 Å². The molecule has 0 atom stereocenters. The van der Waals surface area contributed by atoms with Gasteiger partial charge < -0.3 is 15.4 Å². The summed E-state index contributed by atoms with van der Waals surface area (Å²) >= 11 is 0. The van der Waals surface area contributed by atoms with E-state index in [1.54, 1.807) is 7.11 Å². The van der Waals surface area contributed by atoms with Gasteiger partial charge in [0.15, 0.2) is 0 Å². The summed E-state index contributed by atoms with van der Waals surface area (Å²) in [5.41, 5.74) is 1.01. The number of amides is 1. The van der Waals surface area contributed by atoms with Gasteiger partial charge >= 0.3 is 0 Å². The normalized spacial score (nSPS) is 17.5. The van der Waals surface area contributed by atoms with Gasteiger partial charge in [-0.05, 0) is 50.0 Å². The standard InChI is InChI=1S/C16H24N2O2/c1-16(8-11-17-12-9-16)15(19)18-10-7-13-3-5-14(20-2)6-4-13/h3-6,17H,7-12H2,1-2H3,(H,18,19). The van der Waals surface area contributed by atoms with E-state index >= 15 is 0 Å². The Hall–Kier alpha value is -1.55. The molecule has 1 aromatic carbocycles. The number of piperidine rings is 1. The maximum atomic E-state index is 12.3. The van der Waals surface area contributed by atoms with Crippen LogP contribution in [0, 0.1) is 5.41 Å². The fourth-order valence-corrected chi connectivity index (χ4v) is 2.53. The van der Waals surface area contributed by atoms with Crippen LogP contribution in [0.15, 0.2) is 24.3 Å². The van der Waals surface area contributed by atoms with Gasteiger partial charge in [-0.1, -0.05) is 19.1 Å². The van der Waals surface area contributed by atoms with Crippen molar-refractivity contribution in [3.63, 3.8) is 0 Å². The molecular formula is C16H24N2O2. The maximum absolute atomic E-state index is 12.3. The molecule has 1 fully saturated rings. The van der Waals surface area contributed by atoms with E-state index in [1.165, 1.54) is 5.56 Å². The molecule has 110 valence electrons. The molecule has 1 aliphatic rings. The van der Waals surface area contributed by atoms with E-state index in [1.807, 2.05) is 24.3 Å². The second-order valence-electron chi connectivity index (χ2n) is 5.66. The Morgan fingerprint density at radius 3 is 2.55 bits per heavy atom. The Labute approximate surface area is 120 Å². The third-order valence-electron chi connectivity index (χ3n) is 4.11. The lowest BCUT2D eigenvalue weighted by molar-refractivity contribution is -0.131. The van der Waals surface area contributed by atoms with E-state index in [4.69, 9.17) is 4.74 Å². The van der Waals surface area contributed by atoms with Gasteiger partial charge in [0.05, 0.1) is 7.11 Å². The van der Waals surface area contributed by atoms with E-state index < -0.39 is 0 Å². The molecule has 4 heteroatoms. The summed E-state index contributed by atoms with van der Waals surface area (Å²) in [6.07, 6.45) is 2.69. The van der Waals surface area contributed by atoms with Crippen molar-refractivity contribution in [2.45, 2.75) is 26.2 Å². The largest absolute Gasteiger partial charge is 0.497 e. The molecule has 1 saturated heterocycles. The Morgan fingerprint density at radius 1 is 1.30 bits per heavy atom. The Kier molecular flexibility index (Phi) is 5.01. The zero-order chi connectivity index (χ0) is 14.4. The highest BCUT2D eigenvalue weighted by atomic mass is 16.5. The molecule has 0 aromatic heterocycles. The van der Waals surface area contributed by atoms with Crippen LogP contribution in [-0.4, -0.2) is 32.7 Å². The Bertz CT molecular complexity index is 436. The van der Waals surface area contributed by atoms with Gasteiger partial charge in [0.2, 0.25) is 5.91 Å². The third kappa shape index (κ3) is 3.73. The van der Waals surface area contributed by atoms with Crippen molar-refractivity contribution >= 4 is 5.91 Å². The minimum absolute atomic E-state index is 0.188. The second-order valence-corrected chi connectivity index (χ2v) is 5.66. The van der Waals surface area contributed by atoms with Crippen molar-refractivity contribution < 1.29 is 9.53 Å². The third-order valence-corrected chi connectivity index (χ3v) is 4.11. The Balaban J connectivity index is 1.78. The van der Waals surface area contributed by atoms with E-state index in [2.05, 4.69) is 17.6 Å². The minimum atomic E-state index is -0.203. The van der Waals surface area contributed by atoms with E-state index in [0.717, 1.165) is 38.1 Å². The van der Waals surface area contributed by atoms with Gasteiger partial charge in [-0.2, -0.15) is 0 Å². The predicted octanol–water partition coefficient (Wildman–Crippen LogP) is 1.74. The average Bonchev–Trinajstić information content (AvgIpc) is 2.48. The SMILES string of the molecule is COc1ccc(CCNC(=O)C2(C)CCNCC2)cc1. The molecule has 2 N–H and O–H groups in total. The van der Waals surface area contributed by atoms with Gasteiger partial charge in [-0.15, -0.1) is 0 Å². The average molecular weight is 276 g/mol. The van der Waals surface area contributed by atoms with Gasteiger partial charge in [0, 0.05) is 12.0 Å². The van der Waals surface area contributed by atoms with Crippen molar-refractivity contribution in [1.82, 2.24) is 10.6 Å². The molecule has 4 nitrogen and oxygen atoms in total. The van der Waals surface area contributed by atoms with Crippen molar-refractivity contribution in [1.29, 1.82) is 0 Å². The van der Waals surface area contributed by atoms with Crippen LogP contribution in [0.1, 0.15) is 25.3 Å². The first-order valence-electron chi connectivity index (χ1n) is 7.26. The van der Waals surface area contributed by atoms with Gasteiger partial charge in [0.1, 0.15) is 5.75 Å². The number of ether oxygens (including phenoxy) is 1. The monoisotopic (exact) mass is 276 g/mol. The molecule has 0 aliphatic carbocycles. The lowest BCUT2D eigenvalue weighted by atomic mass is 9.80. The fraction of sp³-hybridized carbons (Fsp3) is 0.562. The number of carbonyl (C=O) groups is 1. The summed E-state index contributed by atoms with van der Waals surface area (Å²) in [4.78, 5) is 12.3. The molecule has 0 spiro atoms. The van der Waals surface area contributed by atoms with Gasteiger partial charge in [-0.3, -0.25) is 4.79 Å². The van der Waals surface area contributed by atoms with Crippen LogP contribution >= 0.6 is 0 Å². The highest BCUT2D eigenvalue weighted by Crippen LogP contribution is 2.27. The van der Waals surface area contributed by atoms with Gasteiger partial charge in [0.25, 0.3) is 0 Å². The van der Waals surface area contributed by atoms with Crippen LogP contribution in [0.4, 0.5) is 0 Å². The molecule has 1 aliphatic heterocycles. The smallest absolute Gasteiger partial charge is 0.226 e. The molecule has 0 radical (unpaired) electrons. The van der Waals surface area contributed by atoms with E-state index in [0.29, 0.717) is 6.54 Å². The molecule has 1 amide bonds. The number of rotatable bonds is 5. The summed E-state index contributed by atoms with van der Waals surface area (Å²) in [6, 6.07) is 7.98. The molecule has 2 rings (SSSR count). The summed E-state index contributed by atoms with van der Waals surface area (Å²) in [6.45, 7) is 4.62. The predicted molar refractivity (Wildman–Crippen MR) is 79.9 cm³/mol. The number of hydrogen-bond donors (Lipinski definition) is 2. The first kappa shape index (κ1) is 14.9. The summed E-state index contributed by atoms with van der Waals surface area (Å²) in [5, 5.41) is 6.37. The van der Waals surface area contributed by atoms with Crippen molar-refractivity contribution in [2.75, 3.05) is 26.7 Å². The Morgan fingerprint density at radius 2 is 1.95 bits per heavy atom. The quantitative estimate of drug-likeness (QED) is 0.861. The molecule has 0 unspecified atom stereocenters. The van der Waals surface area contributed by atoms with Crippen LogP contribution in [0.25, 0.3) is 0 Å². The van der Waals surface area contributed by atoms with E-state index in [9.17, 15) is 4.79 Å². The molecule has 0 saturated carbocycles. The minimum Gasteiger partial charge on any atom is -0.497 e. The molecule has 1 heterocycles. The van der Waals surface area contributed by atoms with Crippen LogP contribution < -0.4 is 15.4 Å². The van der Waals surface area contributed by atoms with Crippen LogP contribution in [-0.2, 0) is 11.2 Å². The summed E-state index contributed by atoms with van der Waals surface area (Å²) < 4.78 is 5.13. The summed E-state index contributed by atoms with van der Waals surface area (Å²) in [7, 11) is 1.66. The number of methoxy groups -OCH3 is 1. The lowest BCUT2D eigenvalue weighted by Gasteiger charge is -2.32. The van der Waals surface area contributed by atoms with Crippen molar-refractivity contribution in [2.24, 2.45) is 5.41 Å². The van der Waals surface area contributed by atoms with Crippen LogP contribution in [0.3, 0.4) is 0 Å². The lowest BCUT2D eigenvalue weighted by Crippen LogP contribution is -2.46. The molecular weight excluding hydrogens is 252 g/mol. The second kappa shape index (κ2) is 6.75. The fourth-order valence-electron chi connectivity index (χ4n) is 2.53. The zero-order valence-corrected chi connectivity index (χ0v) is 12.4. The number of hydrogen-bond acceptors (Lipinski definition) is 3. The van der Waals surface area contributed by atoms with Crippen LogP contribution in [0.2, 0.25) is 0 Å². The zero-order valence-electron chi connectivity index (χ0n) is 12.4.